The van der Waals surface area contributed by atoms with E-state index in [1.165, 1.54) is 22.0 Å². The summed E-state index contributed by atoms with van der Waals surface area (Å²) in [5.41, 5.74) is 0.763. The molecule has 4 aromatic heterocycles. The number of anilines is 3. The van der Waals surface area contributed by atoms with Crippen LogP contribution in [0.4, 0.5) is 30.8 Å². The minimum absolute atomic E-state index is 0.119. The third kappa shape index (κ3) is 5.91. The normalized spacial score (nSPS) is 17.4. The van der Waals surface area contributed by atoms with E-state index in [1.807, 2.05) is 24.8 Å². The molecule has 0 aromatic carbocycles. The number of rotatable bonds is 8. The third-order valence-corrected chi connectivity index (χ3v) is 8.29. The average molecular weight is 624 g/mol. The minimum atomic E-state index is -2.80. The molecule has 2 aliphatic heterocycles. The number of pyridine rings is 1. The first-order valence-corrected chi connectivity index (χ1v) is 14.5. The standard InChI is InChI=1S/C29H32F3N11O2/c1-17-10-23(36-24-11-18(2)38-39-24)37-28(35-17)40-8-6-29(7-9-40)27(45)41(16-26(44)42(29)15-22(31)32)19(3)20-4-5-25(33-12-20)43-14-21(30)13-34-43/h4-5,10-14,19,22H,6-9,15-16H2,1-3H3,(H2,35,36,37,38,39). The Balaban J connectivity index is 1.23. The number of amides is 2. The predicted octanol–water partition coefficient (Wildman–Crippen LogP) is 3.32. The zero-order valence-electron chi connectivity index (χ0n) is 24.9. The molecular weight excluding hydrogens is 591 g/mol. The van der Waals surface area contributed by atoms with Crippen molar-refractivity contribution < 1.29 is 22.8 Å². The van der Waals surface area contributed by atoms with E-state index in [-0.39, 0.29) is 32.5 Å². The second kappa shape index (κ2) is 11.8. The molecular formula is C29H32F3N11O2. The molecule has 1 spiro atoms. The molecule has 6 rings (SSSR count). The average Bonchev–Trinajstić information content (AvgIpc) is 3.64. The van der Waals surface area contributed by atoms with Gasteiger partial charge in [-0.15, -0.1) is 0 Å². The lowest BCUT2D eigenvalue weighted by atomic mass is 9.81. The summed E-state index contributed by atoms with van der Waals surface area (Å²) in [6, 6.07) is 6.38. The van der Waals surface area contributed by atoms with E-state index in [9.17, 15) is 22.8 Å². The lowest BCUT2D eigenvalue weighted by molar-refractivity contribution is -0.171. The van der Waals surface area contributed by atoms with Crippen LogP contribution < -0.4 is 10.2 Å². The minimum Gasteiger partial charge on any atom is -0.341 e. The van der Waals surface area contributed by atoms with Gasteiger partial charge in [0, 0.05) is 42.8 Å². The number of carbonyl (C=O) groups excluding carboxylic acids is 2. The van der Waals surface area contributed by atoms with Crippen LogP contribution in [0, 0.1) is 19.7 Å². The van der Waals surface area contributed by atoms with E-state index in [4.69, 9.17) is 0 Å². The first-order chi connectivity index (χ1) is 21.5. The van der Waals surface area contributed by atoms with Crippen LogP contribution in [0.5, 0.6) is 0 Å². The van der Waals surface area contributed by atoms with E-state index >= 15 is 0 Å². The molecule has 2 fully saturated rings. The third-order valence-electron chi connectivity index (χ3n) is 8.29. The number of nitrogens with one attached hydrogen (secondary N) is 2. The van der Waals surface area contributed by atoms with E-state index in [0.29, 0.717) is 34.7 Å². The van der Waals surface area contributed by atoms with Gasteiger partial charge < -0.3 is 20.0 Å². The van der Waals surface area contributed by atoms with Gasteiger partial charge in [-0.3, -0.25) is 14.7 Å². The van der Waals surface area contributed by atoms with Crippen LogP contribution in [-0.4, -0.2) is 94.7 Å². The van der Waals surface area contributed by atoms with Crippen LogP contribution in [-0.2, 0) is 9.59 Å². The first kappa shape index (κ1) is 30.0. The van der Waals surface area contributed by atoms with Crippen molar-refractivity contribution in [2.75, 3.05) is 36.4 Å². The Morgan fingerprint density at radius 1 is 1.07 bits per heavy atom. The molecule has 16 heteroatoms. The highest BCUT2D eigenvalue weighted by molar-refractivity contribution is 5.98. The van der Waals surface area contributed by atoms with Crippen LogP contribution in [0.3, 0.4) is 0 Å². The first-order valence-electron chi connectivity index (χ1n) is 14.5. The molecule has 2 amide bonds. The topological polar surface area (TPSA) is 141 Å². The molecule has 0 bridgehead atoms. The lowest BCUT2D eigenvalue weighted by Crippen LogP contribution is -2.71. The fraction of sp³-hybridized carbons (Fsp3) is 0.414. The Morgan fingerprint density at radius 3 is 2.47 bits per heavy atom. The van der Waals surface area contributed by atoms with Crippen molar-refractivity contribution in [1.29, 1.82) is 0 Å². The summed E-state index contributed by atoms with van der Waals surface area (Å²) in [6.45, 7) is 4.84. The van der Waals surface area contributed by atoms with Crippen LogP contribution >= 0.6 is 0 Å². The van der Waals surface area contributed by atoms with Gasteiger partial charge in [-0.25, -0.2) is 27.8 Å². The van der Waals surface area contributed by atoms with Gasteiger partial charge in [0.25, 0.3) is 6.43 Å². The predicted molar refractivity (Wildman–Crippen MR) is 157 cm³/mol. The summed E-state index contributed by atoms with van der Waals surface area (Å²) < 4.78 is 42.2. The maximum absolute atomic E-state index is 14.2. The Kier molecular flexibility index (Phi) is 7.88. The maximum Gasteiger partial charge on any atom is 0.255 e. The monoisotopic (exact) mass is 623 g/mol. The van der Waals surface area contributed by atoms with Gasteiger partial charge in [-0.2, -0.15) is 15.2 Å². The fourth-order valence-electron chi connectivity index (χ4n) is 5.97. The van der Waals surface area contributed by atoms with E-state index in [1.54, 1.807) is 25.1 Å². The quantitative estimate of drug-likeness (QED) is 0.302. The fourth-order valence-corrected chi connectivity index (χ4v) is 5.97. The molecule has 4 aromatic rings. The SMILES string of the molecule is Cc1cc(Nc2cc(C)[nH]n2)nc(N2CCC3(CC2)C(=O)N(C(C)c2ccc(-n4cc(F)cn4)nc2)CC(=O)N3CC(F)F)n1. The van der Waals surface area contributed by atoms with Gasteiger partial charge in [-0.1, -0.05) is 6.07 Å². The second-order valence-electron chi connectivity index (χ2n) is 11.3. The second-order valence-corrected chi connectivity index (χ2v) is 11.3. The Labute approximate surface area is 256 Å². The molecule has 0 aliphatic carbocycles. The van der Waals surface area contributed by atoms with Gasteiger partial charge >= 0.3 is 0 Å². The zero-order valence-corrected chi connectivity index (χ0v) is 24.9. The molecule has 1 unspecified atom stereocenters. The smallest absolute Gasteiger partial charge is 0.255 e. The van der Waals surface area contributed by atoms with Crippen LogP contribution in [0.25, 0.3) is 5.82 Å². The number of alkyl halides is 2. The van der Waals surface area contributed by atoms with Crippen molar-refractivity contribution in [3.05, 3.63) is 65.6 Å². The number of piperidine rings is 1. The summed E-state index contributed by atoms with van der Waals surface area (Å²) in [5.74, 6) is 0.477. The van der Waals surface area contributed by atoms with Crippen LogP contribution in [0.15, 0.2) is 42.9 Å². The summed E-state index contributed by atoms with van der Waals surface area (Å²) in [4.78, 5) is 45.6. The molecule has 0 radical (unpaired) electrons. The van der Waals surface area contributed by atoms with Crippen molar-refractivity contribution in [3.8, 4) is 5.82 Å². The summed E-state index contributed by atoms with van der Waals surface area (Å²) >= 11 is 0. The zero-order chi connectivity index (χ0) is 31.9. The van der Waals surface area contributed by atoms with Crippen molar-refractivity contribution in [3.63, 3.8) is 0 Å². The highest BCUT2D eigenvalue weighted by Gasteiger charge is 2.55. The highest BCUT2D eigenvalue weighted by Crippen LogP contribution is 2.39. The number of H-pyrrole nitrogens is 1. The van der Waals surface area contributed by atoms with Crippen molar-refractivity contribution in [1.82, 2.24) is 44.7 Å². The van der Waals surface area contributed by atoms with E-state index < -0.39 is 42.2 Å². The van der Waals surface area contributed by atoms with Gasteiger partial charge in [0.05, 0.1) is 25.0 Å². The largest absolute Gasteiger partial charge is 0.341 e. The number of aromatic amines is 1. The van der Waals surface area contributed by atoms with Gasteiger partial charge in [0.2, 0.25) is 17.8 Å². The number of halogens is 3. The Bertz CT molecular complexity index is 1700. The highest BCUT2D eigenvalue weighted by atomic mass is 19.3. The van der Waals surface area contributed by atoms with Crippen molar-refractivity contribution >= 4 is 29.4 Å². The maximum atomic E-state index is 14.2. The van der Waals surface area contributed by atoms with Crippen molar-refractivity contribution in [2.24, 2.45) is 0 Å². The molecule has 2 N–H and O–H groups in total. The van der Waals surface area contributed by atoms with Gasteiger partial charge in [0.1, 0.15) is 17.9 Å². The molecule has 1 atom stereocenters. The van der Waals surface area contributed by atoms with Gasteiger partial charge in [-0.05, 0) is 45.2 Å². The van der Waals surface area contributed by atoms with Crippen LogP contribution in [0.2, 0.25) is 0 Å². The van der Waals surface area contributed by atoms with Crippen molar-refractivity contribution in [2.45, 2.75) is 51.6 Å². The molecule has 6 heterocycles. The molecule has 0 saturated carbocycles. The van der Waals surface area contributed by atoms with E-state index in [2.05, 4.69) is 35.6 Å². The number of nitrogens with zero attached hydrogens (tertiary/aromatic N) is 9. The number of hydrogen-bond donors (Lipinski definition) is 2. The van der Waals surface area contributed by atoms with Crippen LogP contribution in [0.1, 0.15) is 42.8 Å². The number of aryl methyl sites for hydroxylation is 2. The molecule has 2 saturated heterocycles. The Hall–Kier alpha value is -5.02. The van der Waals surface area contributed by atoms with E-state index in [0.717, 1.165) is 16.8 Å². The van der Waals surface area contributed by atoms with Gasteiger partial charge in [0.15, 0.2) is 17.5 Å². The number of piperazine rings is 1. The lowest BCUT2D eigenvalue weighted by Gasteiger charge is -2.53. The number of carbonyl (C=O) groups is 2. The summed E-state index contributed by atoms with van der Waals surface area (Å²) in [6.07, 6.45) is 1.22. The number of hydrogen-bond acceptors (Lipinski definition) is 9. The Morgan fingerprint density at radius 2 is 1.84 bits per heavy atom. The molecule has 236 valence electrons. The molecule has 2 aliphatic rings. The molecule has 13 nitrogen and oxygen atoms in total. The molecule has 45 heavy (non-hydrogen) atoms. The summed E-state index contributed by atoms with van der Waals surface area (Å²) in [7, 11) is 0. The number of aromatic nitrogens is 7. The summed E-state index contributed by atoms with van der Waals surface area (Å²) in [5, 5.41) is 14.1.